The molecule has 68 valence electrons. The molecule has 2 aromatic rings. The number of hydrogen-bond donors (Lipinski definition) is 0. The number of imidazole rings is 1. The Kier molecular flexibility index (Phi) is 2.21. The van der Waals surface area contributed by atoms with E-state index in [2.05, 4.69) is 4.98 Å². The number of hydrogen-bond acceptors (Lipinski definition) is 2. The van der Waals surface area contributed by atoms with Gasteiger partial charge in [0.25, 0.3) is 0 Å². The number of halogens is 1. The van der Waals surface area contributed by atoms with Crippen molar-refractivity contribution in [2.45, 2.75) is 0 Å². The topological polar surface area (TPSA) is 41.6 Å². The molecular weight excluding hydrogens is 198 g/mol. The van der Waals surface area contributed by atoms with E-state index in [9.17, 15) is 0 Å². The van der Waals surface area contributed by atoms with Crippen LogP contribution in [0.15, 0.2) is 36.8 Å². The van der Waals surface area contributed by atoms with Crippen molar-refractivity contribution >= 4 is 11.6 Å². The molecule has 1 heterocycles. The van der Waals surface area contributed by atoms with Gasteiger partial charge >= 0.3 is 0 Å². The van der Waals surface area contributed by atoms with Gasteiger partial charge in [-0.15, -0.1) is 0 Å². The van der Waals surface area contributed by atoms with Gasteiger partial charge in [-0.05, 0) is 18.2 Å². The number of nitrogens with zero attached hydrogens (tertiary/aromatic N) is 3. The fraction of sp³-hybridized carbons (Fsp3) is 0. The van der Waals surface area contributed by atoms with Crippen LogP contribution in [0.25, 0.3) is 5.69 Å². The van der Waals surface area contributed by atoms with Crippen LogP contribution in [0.5, 0.6) is 0 Å². The molecule has 0 saturated heterocycles. The summed E-state index contributed by atoms with van der Waals surface area (Å²) in [6.07, 6.45) is 3.25. The molecule has 0 bridgehead atoms. The Morgan fingerprint density at radius 1 is 1.43 bits per heavy atom. The van der Waals surface area contributed by atoms with Gasteiger partial charge in [0.15, 0.2) is 5.69 Å². The molecule has 4 heteroatoms. The summed E-state index contributed by atoms with van der Waals surface area (Å²) in [6, 6.07) is 9.32. The van der Waals surface area contributed by atoms with Crippen molar-refractivity contribution in [2.75, 3.05) is 0 Å². The molecule has 0 atom stereocenters. The molecule has 0 spiro atoms. The lowest BCUT2D eigenvalue weighted by Gasteiger charge is -2.00. The van der Waals surface area contributed by atoms with Crippen molar-refractivity contribution < 1.29 is 0 Å². The second kappa shape index (κ2) is 3.52. The Morgan fingerprint density at radius 2 is 2.29 bits per heavy atom. The zero-order chi connectivity index (χ0) is 9.97. The average Bonchev–Trinajstić information content (AvgIpc) is 2.66. The first-order valence-corrected chi connectivity index (χ1v) is 4.37. The van der Waals surface area contributed by atoms with Gasteiger partial charge in [0, 0.05) is 16.9 Å². The first kappa shape index (κ1) is 8.79. The molecule has 1 aromatic heterocycles. The lowest BCUT2D eigenvalue weighted by Crippen LogP contribution is -1.88. The fourth-order valence-corrected chi connectivity index (χ4v) is 1.34. The van der Waals surface area contributed by atoms with E-state index in [1.165, 1.54) is 0 Å². The minimum atomic E-state index is 0.393. The lowest BCUT2D eigenvalue weighted by molar-refractivity contribution is 1.06. The summed E-state index contributed by atoms with van der Waals surface area (Å²) in [6.45, 7) is 0. The summed E-state index contributed by atoms with van der Waals surface area (Å²) in [7, 11) is 0. The predicted molar refractivity (Wildman–Crippen MR) is 53.3 cm³/mol. The highest BCUT2D eigenvalue weighted by molar-refractivity contribution is 6.30. The number of aromatic nitrogens is 2. The maximum absolute atomic E-state index is 8.60. The van der Waals surface area contributed by atoms with E-state index in [0.29, 0.717) is 10.7 Å². The van der Waals surface area contributed by atoms with Crippen LogP contribution in [-0.4, -0.2) is 9.55 Å². The molecule has 0 unspecified atom stereocenters. The van der Waals surface area contributed by atoms with E-state index in [4.69, 9.17) is 16.9 Å². The first-order chi connectivity index (χ1) is 6.79. The standard InChI is InChI=1S/C10H6ClN3/c11-8-2-1-3-10(4-8)14-6-9(5-12)13-7-14/h1-4,6-7H. The zero-order valence-corrected chi connectivity index (χ0v) is 7.94. The van der Waals surface area contributed by atoms with Crippen LogP contribution in [0, 0.1) is 11.3 Å². The summed E-state index contributed by atoms with van der Waals surface area (Å²) in [5, 5.41) is 9.26. The monoisotopic (exact) mass is 203 g/mol. The van der Waals surface area contributed by atoms with Gasteiger partial charge in [-0.3, -0.25) is 0 Å². The van der Waals surface area contributed by atoms with Gasteiger partial charge in [-0.25, -0.2) is 4.98 Å². The predicted octanol–water partition coefficient (Wildman–Crippen LogP) is 2.40. The van der Waals surface area contributed by atoms with Crippen molar-refractivity contribution in [3.8, 4) is 11.8 Å². The van der Waals surface area contributed by atoms with Crippen molar-refractivity contribution in [2.24, 2.45) is 0 Å². The third kappa shape index (κ3) is 1.61. The summed E-state index contributed by atoms with van der Waals surface area (Å²) in [5.74, 6) is 0. The van der Waals surface area contributed by atoms with Gasteiger partial charge in [0.05, 0.1) is 0 Å². The number of rotatable bonds is 1. The molecule has 0 radical (unpaired) electrons. The van der Waals surface area contributed by atoms with Crippen LogP contribution < -0.4 is 0 Å². The fourth-order valence-electron chi connectivity index (χ4n) is 1.16. The van der Waals surface area contributed by atoms with E-state index in [1.54, 1.807) is 23.2 Å². The third-order valence-electron chi connectivity index (χ3n) is 1.80. The maximum Gasteiger partial charge on any atom is 0.158 e. The average molecular weight is 204 g/mol. The summed E-state index contributed by atoms with van der Waals surface area (Å²) in [4.78, 5) is 3.90. The van der Waals surface area contributed by atoms with Crippen LogP contribution in [0.3, 0.4) is 0 Å². The Morgan fingerprint density at radius 3 is 2.93 bits per heavy atom. The molecule has 0 saturated carbocycles. The summed E-state index contributed by atoms with van der Waals surface area (Å²) >= 11 is 5.84. The smallest absolute Gasteiger partial charge is 0.158 e. The second-order valence-corrected chi connectivity index (χ2v) is 3.19. The van der Waals surface area contributed by atoms with Crippen molar-refractivity contribution in [3.05, 3.63) is 47.5 Å². The van der Waals surface area contributed by atoms with Crippen molar-refractivity contribution in [1.82, 2.24) is 9.55 Å². The van der Waals surface area contributed by atoms with E-state index < -0.39 is 0 Å². The van der Waals surface area contributed by atoms with Gasteiger partial charge in [-0.1, -0.05) is 17.7 Å². The largest absolute Gasteiger partial charge is 0.305 e. The quantitative estimate of drug-likeness (QED) is 0.714. The first-order valence-electron chi connectivity index (χ1n) is 3.99. The molecule has 0 aliphatic rings. The van der Waals surface area contributed by atoms with Crippen LogP contribution in [0.1, 0.15) is 5.69 Å². The van der Waals surface area contributed by atoms with Crippen LogP contribution in [0.2, 0.25) is 5.02 Å². The van der Waals surface area contributed by atoms with Crippen LogP contribution in [0.4, 0.5) is 0 Å². The Bertz CT molecular complexity index is 496. The van der Waals surface area contributed by atoms with Crippen LogP contribution >= 0.6 is 11.6 Å². The van der Waals surface area contributed by atoms with Crippen LogP contribution in [-0.2, 0) is 0 Å². The molecule has 14 heavy (non-hydrogen) atoms. The molecule has 2 rings (SSSR count). The Balaban J connectivity index is 2.45. The molecule has 0 aliphatic carbocycles. The van der Waals surface area contributed by atoms with E-state index >= 15 is 0 Å². The van der Waals surface area contributed by atoms with Crippen molar-refractivity contribution in [1.29, 1.82) is 5.26 Å². The molecule has 0 amide bonds. The minimum absolute atomic E-state index is 0.393. The van der Waals surface area contributed by atoms with E-state index in [1.807, 2.05) is 24.3 Å². The Hall–Kier alpha value is -1.79. The lowest BCUT2D eigenvalue weighted by atomic mass is 10.3. The molecule has 0 N–H and O–H groups in total. The summed E-state index contributed by atoms with van der Waals surface area (Å²) < 4.78 is 1.75. The second-order valence-electron chi connectivity index (χ2n) is 2.76. The number of benzene rings is 1. The minimum Gasteiger partial charge on any atom is -0.305 e. The van der Waals surface area contributed by atoms with E-state index in [0.717, 1.165) is 5.69 Å². The van der Waals surface area contributed by atoms with Gasteiger partial charge in [0.2, 0.25) is 0 Å². The number of nitriles is 1. The highest BCUT2D eigenvalue weighted by Crippen LogP contribution is 2.14. The summed E-state index contributed by atoms with van der Waals surface area (Å²) in [5.41, 5.74) is 1.29. The Labute approximate surface area is 86.2 Å². The zero-order valence-electron chi connectivity index (χ0n) is 7.18. The van der Waals surface area contributed by atoms with Gasteiger partial charge in [-0.2, -0.15) is 5.26 Å². The maximum atomic E-state index is 8.60. The molecule has 0 aliphatic heterocycles. The highest BCUT2D eigenvalue weighted by Gasteiger charge is 1.99. The van der Waals surface area contributed by atoms with Gasteiger partial charge < -0.3 is 4.57 Å². The SMILES string of the molecule is N#Cc1cn(-c2cccc(Cl)c2)cn1. The third-order valence-corrected chi connectivity index (χ3v) is 2.04. The molecule has 3 nitrogen and oxygen atoms in total. The van der Waals surface area contributed by atoms with Gasteiger partial charge in [0.1, 0.15) is 12.4 Å². The van der Waals surface area contributed by atoms with E-state index in [-0.39, 0.29) is 0 Å². The normalized spacial score (nSPS) is 9.71. The molecule has 1 aromatic carbocycles. The van der Waals surface area contributed by atoms with Crippen molar-refractivity contribution in [3.63, 3.8) is 0 Å². The highest BCUT2D eigenvalue weighted by atomic mass is 35.5. The molecular formula is C10H6ClN3. The molecule has 0 fully saturated rings.